The largest absolute Gasteiger partial charge is 0.477 e. The van der Waals surface area contributed by atoms with Crippen LogP contribution in [0.4, 0.5) is 0 Å². The Morgan fingerprint density at radius 3 is 3.00 bits per heavy atom. The third-order valence-electron chi connectivity index (χ3n) is 0.682. The molecule has 3 heteroatoms. The molecule has 2 nitrogen and oxygen atoms in total. The molecule has 0 aromatic carbocycles. The molecule has 0 unspecified atom stereocenters. The van der Waals surface area contributed by atoms with E-state index in [1.165, 1.54) is 0 Å². The molecule has 1 radical (unpaired) electrons. The van der Waals surface area contributed by atoms with Crippen LogP contribution in [0, 0.1) is 5.44 Å². The minimum Gasteiger partial charge on any atom is -0.477 e. The van der Waals surface area contributed by atoms with Gasteiger partial charge in [0.05, 0.1) is 6.26 Å². The summed E-state index contributed by atoms with van der Waals surface area (Å²) in [4.78, 5) is 0. The summed E-state index contributed by atoms with van der Waals surface area (Å²) in [6.07, 6.45) is 4.15. The highest BCUT2D eigenvalue weighted by molar-refractivity contribution is 7.96. The second-order valence-electron chi connectivity index (χ2n) is 1.16. The number of ether oxygens (including phenoxy) is 1. The molecule has 1 N–H and O–H groups in total. The molecule has 0 aliphatic carbocycles. The zero-order valence-electron chi connectivity index (χ0n) is 3.63. The summed E-state index contributed by atoms with van der Waals surface area (Å²) in [5, 5.41) is 0. The van der Waals surface area contributed by atoms with Gasteiger partial charge in [0.15, 0.2) is 0 Å². The van der Waals surface area contributed by atoms with Crippen molar-refractivity contribution in [1.29, 1.82) is 0 Å². The Morgan fingerprint density at radius 2 is 2.71 bits per heavy atom. The standard InChI is InChI=1S/C4H5O2S/c5-7-4-2-1-3-6-4/h1,3,5H,2H2. The molecule has 1 heterocycles. The normalized spacial score (nSPS) is 20.1. The quantitative estimate of drug-likeness (QED) is 0.529. The van der Waals surface area contributed by atoms with Crippen molar-refractivity contribution in [2.24, 2.45) is 0 Å². The Morgan fingerprint density at radius 1 is 1.86 bits per heavy atom. The van der Waals surface area contributed by atoms with E-state index >= 15 is 0 Å². The van der Waals surface area contributed by atoms with Gasteiger partial charge in [-0.3, -0.25) is 0 Å². The van der Waals surface area contributed by atoms with Crippen molar-refractivity contribution in [3.8, 4) is 0 Å². The first-order valence-electron chi connectivity index (χ1n) is 1.92. The van der Waals surface area contributed by atoms with Crippen molar-refractivity contribution in [2.75, 3.05) is 0 Å². The van der Waals surface area contributed by atoms with Gasteiger partial charge in [0, 0.05) is 18.5 Å². The predicted octanol–water partition coefficient (Wildman–Crippen LogP) is 1.62. The molecule has 0 saturated carbocycles. The fraction of sp³-hybridized carbons (Fsp3) is 0.250. The highest BCUT2D eigenvalue weighted by Crippen LogP contribution is 2.25. The van der Waals surface area contributed by atoms with Crippen LogP contribution in [0.1, 0.15) is 6.42 Å². The van der Waals surface area contributed by atoms with Crippen LogP contribution in [0.3, 0.4) is 0 Å². The van der Waals surface area contributed by atoms with Crippen molar-refractivity contribution >= 4 is 12.0 Å². The minimum absolute atomic E-state index is 0.653. The van der Waals surface area contributed by atoms with Crippen LogP contribution in [0.2, 0.25) is 0 Å². The fourth-order valence-corrected chi connectivity index (χ4v) is 0.645. The van der Waals surface area contributed by atoms with Gasteiger partial charge < -0.3 is 9.29 Å². The lowest BCUT2D eigenvalue weighted by Gasteiger charge is -1.98. The SMILES string of the molecule is OS[C]1CC=CO1. The molecule has 0 fully saturated rings. The van der Waals surface area contributed by atoms with Crippen molar-refractivity contribution in [2.45, 2.75) is 6.42 Å². The van der Waals surface area contributed by atoms with Gasteiger partial charge in [0.25, 0.3) is 0 Å². The minimum atomic E-state index is 0.653. The van der Waals surface area contributed by atoms with Gasteiger partial charge in [-0.05, 0) is 6.08 Å². The fourth-order valence-electron chi connectivity index (χ4n) is 0.375. The molecular formula is C4H5O2S. The Labute approximate surface area is 46.4 Å². The Hall–Kier alpha value is -0.150. The topological polar surface area (TPSA) is 29.5 Å². The van der Waals surface area contributed by atoms with Crippen molar-refractivity contribution in [1.82, 2.24) is 0 Å². The maximum Gasteiger partial charge on any atom is 0.232 e. The monoisotopic (exact) mass is 117 g/mol. The summed E-state index contributed by atoms with van der Waals surface area (Å²) in [5.74, 6) is 0. The summed E-state index contributed by atoms with van der Waals surface area (Å²) >= 11 is 0.664. The van der Waals surface area contributed by atoms with Gasteiger partial charge >= 0.3 is 0 Å². The van der Waals surface area contributed by atoms with E-state index in [0.29, 0.717) is 17.5 Å². The Balaban J connectivity index is 2.22. The summed E-state index contributed by atoms with van der Waals surface area (Å²) in [6.45, 7) is 0. The van der Waals surface area contributed by atoms with E-state index < -0.39 is 0 Å². The average molecular weight is 117 g/mol. The molecule has 0 spiro atoms. The van der Waals surface area contributed by atoms with Gasteiger partial charge in [-0.15, -0.1) is 0 Å². The van der Waals surface area contributed by atoms with Crippen LogP contribution in [0.15, 0.2) is 12.3 Å². The molecular weight excluding hydrogens is 112 g/mol. The van der Waals surface area contributed by atoms with Crippen LogP contribution < -0.4 is 0 Å². The van der Waals surface area contributed by atoms with Crippen LogP contribution in [0.25, 0.3) is 0 Å². The molecule has 0 amide bonds. The molecule has 1 aliphatic heterocycles. The van der Waals surface area contributed by atoms with Crippen molar-refractivity contribution < 1.29 is 9.29 Å². The lowest BCUT2D eigenvalue weighted by Crippen LogP contribution is -1.82. The second kappa shape index (κ2) is 2.23. The van der Waals surface area contributed by atoms with E-state index in [0.717, 1.165) is 6.42 Å². The molecule has 1 aliphatic rings. The molecule has 0 saturated heterocycles. The maximum atomic E-state index is 8.28. The highest BCUT2D eigenvalue weighted by Gasteiger charge is 2.11. The number of hydrogen-bond acceptors (Lipinski definition) is 3. The summed E-state index contributed by atoms with van der Waals surface area (Å²) in [5.41, 5.74) is 0.653. The van der Waals surface area contributed by atoms with Gasteiger partial charge in [0.2, 0.25) is 5.44 Å². The van der Waals surface area contributed by atoms with E-state index in [-0.39, 0.29) is 0 Å². The summed E-state index contributed by atoms with van der Waals surface area (Å²) in [7, 11) is 0. The third-order valence-corrected chi connectivity index (χ3v) is 1.15. The molecule has 1 rings (SSSR count). The highest BCUT2D eigenvalue weighted by atomic mass is 32.2. The van der Waals surface area contributed by atoms with Crippen molar-refractivity contribution in [3.05, 3.63) is 17.8 Å². The average Bonchev–Trinajstić information content (AvgIpc) is 2.14. The second-order valence-corrected chi connectivity index (χ2v) is 1.79. The van der Waals surface area contributed by atoms with Gasteiger partial charge in [0.1, 0.15) is 0 Å². The first-order valence-corrected chi connectivity index (χ1v) is 2.70. The van der Waals surface area contributed by atoms with Crippen LogP contribution in [-0.4, -0.2) is 4.55 Å². The molecule has 39 valence electrons. The van der Waals surface area contributed by atoms with Crippen LogP contribution >= 0.6 is 12.0 Å². The van der Waals surface area contributed by atoms with Crippen molar-refractivity contribution in [3.63, 3.8) is 0 Å². The maximum absolute atomic E-state index is 8.28. The van der Waals surface area contributed by atoms with E-state index in [4.69, 9.17) is 9.29 Å². The first kappa shape index (κ1) is 5.00. The third kappa shape index (κ3) is 1.11. The molecule has 0 aromatic rings. The van der Waals surface area contributed by atoms with E-state index in [1.807, 2.05) is 6.08 Å². The Kier molecular flexibility index (Phi) is 1.59. The van der Waals surface area contributed by atoms with Crippen LogP contribution in [0.5, 0.6) is 0 Å². The first-order chi connectivity index (χ1) is 3.43. The van der Waals surface area contributed by atoms with Gasteiger partial charge in [-0.25, -0.2) is 0 Å². The predicted molar refractivity (Wildman–Crippen MR) is 28.3 cm³/mol. The molecule has 7 heavy (non-hydrogen) atoms. The number of rotatable bonds is 1. The van der Waals surface area contributed by atoms with E-state index in [2.05, 4.69) is 0 Å². The van der Waals surface area contributed by atoms with Gasteiger partial charge in [-0.1, -0.05) is 0 Å². The Bertz CT molecular complexity index is 73.8. The molecule has 0 bridgehead atoms. The number of hydrogen-bond donors (Lipinski definition) is 1. The lowest BCUT2D eigenvalue weighted by molar-refractivity contribution is 0.329. The zero-order valence-corrected chi connectivity index (χ0v) is 4.44. The van der Waals surface area contributed by atoms with E-state index in [9.17, 15) is 0 Å². The summed E-state index contributed by atoms with van der Waals surface area (Å²) in [6, 6.07) is 0. The van der Waals surface area contributed by atoms with Gasteiger partial charge in [-0.2, -0.15) is 0 Å². The van der Waals surface area contributed by atoms with E-state index in [1.54, 1.807) is 6.26 Å². The molecule has 0 aromatic heterocycles. The smallest absolute Gasteiger partial charge is 0.232 e. The lowest BCUT2D eigenvalue weighted by atomic mass is 10.5. The summed E-state index contributed by atoms with van der Waals surface area (Å²) < 4.78 is 13.0. The van der Waals surface area contributed by atoms with Crippen LogP contribution in [-0.2, 0) is 4.74 Å². The zero-order chi connectivity index (χ0) is 5.11. The molecule has 0 atom stereocenters.